The van der Waals surface area contributed by atoms with Crippen LogP contribution in [0, 0.1) is 0 Å². The molecule has 11 nitrogen and oxygen atoms in total. The van der Waals surface area contributed by atoms with Gasteiger partial charge < -0.3 is 14.6 Å². The first-order valence-electron chi connectivity index (χ1n) is 14.3. The Morgan fingerprint density at radius 3 is 2.36 bits per heavy atom. The van der Waals surface area contributed by atoms with Gasteiger partial charge in [-0.2, -0.15) is 0 Å². The minimum atomic E-state index is -4.05. The molecule has 0 bridgehead atoms. The van der Waals surface area contributed by atoms with Crippen LogP contribution in [0.25, 0.3) is 11.1 Å². The van der Waals surface area contributed by atoms with Crippen LogP contribution in [0.3, 0.4) is 0 Å². The van der Waals surface area contributed by atoms with Gasteiger partial charge in [-0.15, -0.1) is 0 Å². The Bertz CT molecular complexity index is 1720. The Morgan fingerprint density at radius 2 is 1.71 bits per heavy atom. The van der Waals surface area contributed by atoms with E-state index in [0.29, 0.717) is 6.61 Å². The smallest absolute Gasteiger partial charge is 0.416 e. The lowest BCUT2D eigenvalue weighted by atomic mass is 9.99. The van der Waals surface area contributed by atoms with Gasteiger partial charge >= 0.3 is 12.1 Å². The third kappa shape index (κ3) is 9.34. The van der Waals surface area contributed by atoms with Crippen LogP contribution in [0.4, 0.5) is 10.6 Å². The maximum absolute atomic E-state index is 13.4. The SMILES string of the molecule is CCOc1cccc(-c2ccc(CC(NS(=O)(=O)c3cccnc3)c3cccc(N(CC(=O)O)C(=O)OC(C)(C)C)n3)cc2)c1. The molecule has 0 saturated carbocycles. The third-order valence-electron chi connectivity index (χ3n) is 6.41. The molecular formula is C33H36N4O7S. The number of carbonyl (C=O) groups is 2. The highest BCUT2D eigenvalue weighted by molar-refractivity contribution is 7.89. The van der Waals surface area contributed by atoms with Gasteiger partial charge in [0, 0.05) is 12.4 Å². The average molecular weight is 633 g/mol. The van der Waals surface area contributed by atoms with Crippen molar-refractivity contribution in [1.29, 1.82) is 0 Å². The Kier molecular flexibility index (Phi) is 10.5. The summed E-state index contributed by atoms with van der Waals surface area (Å²) in [7, 11) is -4.05. The molecule has 0 fully saturated rings. The Balaban J connectivity index is 1.69. The fraction of sp³-hybridized carbons (Fsp3) is 0.273. The van der Waals surface area contributed by atoms with Crippen molar-refractivity contribution in [3.8, 4) is 16.9 Å². The summed E-state index contributed by atoms with van der Waals surface area (Å²) in [6, 6.07) is 22.1. The van der Waals surface area contributed by atoms with Crippen molar-refractivity contribution in [3.63, 3.8) is 0 Å². The van der Waals surface area contributed by atoms with Gasteiger partial charge in [-0.05, 0) is 87.2 Å². The zero-order chi connectivity index (χ0) is 32.6. The predicted octanol–water partition coefficient (Wildman–Crippen LogP) is 5.63. The Labute approximate surface area is 262 Å². The molecule has 2 N–H and O–H groups in total. The van der Waals surface area contributed by atoms with E-state index in [1.54, 1.807) is 32.9 Å². The Hall–Kier alpha value is -4.81. The van der Waals surface area contributed by atoms with Crippen LogP contribution in [0.15, 0.2) is 96.2 Å². The van der Waals surface area contributed by atoms with Crippen molar-refractivity contribution in [2.45, 2.75) is 50.7 Å². The van der Waals surface area contributed by atoms with Gasteiger partial charge in [-0.1, -0.05) is 42.5 Å². The normalized spacial score (nSPS) is 12.3. The summed E-state index contributed by atoms with van der Waals surface area (Å²) in [6.45, 7) is 6.77. The first-order valence-corrected chi connectivity index (χ1v) is 15.8. The maximum atomic E-state index is 13.4. The molecule has 4 rings (SSSR count). The number of anilines is 1. The lowest BCUT2D eigenvalue weighted by Gasteiger charge is -2.26. The van der Waals surface area contributed by atoms with Crippen LogP contribution in [-0.2, 0) is 26.0 Å². The molecule has 1 atom stereocenters. The van der Waals surface area contributed by atoms with Crippen LogP contribution >= 0.6 is 0 Å². The monoisotopic (exact) mass is 632 g/mol. The summed E-state index contributed by atoms with van der Waals surface area (Å²) < 4.78 is 40.6. The number of nitrogens with zero attached hydrogens (tertiary/aromatic N) is 3. The van der Waals surface area contributed by atoms with E-state index in [1.807, 2.05) is 55.5 Å². The van der Waals surface area contributed by atoms with Crippen molar-refractivity contribution in [2.24, 2.45) is 0 Å². The molecule has 0 aliphatic carbocycles. The van der Waals surface area contributed by atoms with Gasteiger partial charge in [0.1, 0.15) is 28.6 Å². The van der Waals surface area contributed by atoms with E-state index in [2.05, 4.69) is 14.7 Å². The number of benzene rings is 2. The number of hydrogen-bond acceptors (Lipinski definition) is 8. The van der Waals surface area contributed by atoms with E-state index >= 15 is 0 Å². The minimum Gasteiger partial charge on any atom is -0.494 e. The molecule has 45 heavy (non-hydrogen) atoms. The van der Waals surface area contributed by atoms with Gasteiger partial charge in [0.25, 0.3) is 0 Å². The van der Waals surface area contributed by atoms with Crippen molar-refractivity contribution in [2.75, 3.05) is 18.1 Å². The summed E-state index contributed by atoms with van der Waals surface area (Å²) in [6.07, 6.45) is 2.01. The molecule has 2 aromatic heterocycles. The zero-order valence-corrected chi connectivity index (χ0v) is 26.3. The van der Waals surface area contributed by atoms with Crippen molar-refractivity contribution < 1.29 is 32.6 Å². The summed E-state index contributed by atoms with van der Waals surface area (Å²) in [5.41, 5.74) is 2.11. The number of hydrogen-bond donors (Lipinski definition) is 2. The highest BCUT2D eigenvalue weighted by atomic mass is 32.2. The number of aromatic nitrogens is 2. The highest BCUT2D eigenvalue weighted by Gasteiger charge is 2.28. The molecule has 1 unspecified atom stereocenters. The number of carboxylic acids is 1. The van der Waals surface area contributed by atoms with Gasteiger partial charge in [0.2, 0.25) is 10.0 Å². The standard InChI is InChI=1S/C33H36N4O7S/c1-5-43-26-10-6-9-25(20-26)24-16-14-23(15-17-24)19-29(36-45(41,42)27-11-8-18-34-21-27)28-12-7-13-30(35-28)37(22-31(38)39)32(40)44-33(2,3)4/h6-18,20-21,29,36H,5,19,22H2,1-4H3,(H,38,39). The van der Waals surface area contributed by atoms with E-state index < -0.39 is 40.3 Å². The van der Waals surface area contributed by atoms with E-state index in [-0.39, 0.29) is 22.8 Å². The van der Waals surface area contributed by atoms with Crippen molar-refractivity contribution >= 4 is 27.9 Å². The number of nitrogens with one attached hydrogen (secondary N) is 1. The number of carboxylic acid groups (broad SMARTS) is 1. The van der Waals surface area contributed by atoms with Crippen LogP contribution in [-0.4, -0.2) is 54.3 Å². The van der Waals surface area contributed by atoms with Gasteiger partial charge in [0.05, 0.1) is 18.3 Å². The molecule has 2 aromatic carbocycles. The van der Waals surface area contributed by atoms with Gasteiger partial charge in [-0.3, -0.25) is 14.7 Å². The van der Waals surface area contributed by atoms with E-state index in [1.165, 1.54) is 30.6 Å². The summed E-state index contributed by atoms with van der Waals surface area (Å²) in [5.74, 6) is -0.508. The number of carbonyl (C=O) groups excluding carboxylic acids is 1. The molecule has 0 aliphatic rings. The summed E-state index contributed by atoms with van der Waals surface area (Å²) in [4.78, 5) is 34.0. The number of amides is 1. The largest absolute Gasteiger partial charge is 0.494 e. The second kappa shape index (κ2) is 14.3. The molecule has 0 aliphatic heterocycles. The maximum Gasteiger partial charge on any atom is 0.416 e. The van der Waals surface area contributed by atoms with Gasteiger partial charge in [-0.25, -0.2) is 22.9 Å². The fourth-order valence-electron chi connectivity index (χ4n) is 4.44. The third-order valence-corrected chi connectivity index (χ3v) is 7.87. The lowest BCUT2D eigenvalue weighted by molar-refractivity contribution is -0.135. The topological polar surface area (TPSA) is 148 Å². The molecule has 0 spiro atoms. The molecule has 4 aromatic rings. The molecule has 0 radical (unpaired) electrons. The number of pyridine rings is 2. The van der Waals surface area contributed by atoms with Crippen molar-refractivity contribution in [3.05, 3.63) is 103 Å². The second-order valence-electron chi connectivity index (χ2n) is 11.1. The molecule has 12 heteroatoms. The van der Waals surface area contributed by atoms with Crippen molar-refractivity contribution in [1.82, 2.24) is 14.7 Å². The molecule has 2 heterocycles. The second-order valence-corrected chi connectivity index (χ2v) is 12.8. The number of rotatable bonds is 12. The molecular weight excluding hydrogens is 596 g/mol. The quantitative estimate of drug-likeness (QED) is 0.203. The summed E-state index contributed by atoms with van der Waals surface area (Å²) in [5, 5.41) is 9.51. The molecule has 1 amide bonds. The number of aliphatic carboxylic acids is 1. The minimum absolute atomic E-state index is 0.000691. The molecule has 236 valence electrons. The highest BCUT2D eigenvalue weighted by Crippen LogP contribution is 2.27. The number of ether oxygens (including phenoxy) is 2. The van der Waals surface area contributed by atoms with Crippen LogP contribution in [0.2, 0.25) is 0 Å². The van der Waals surface area contributed by atoms with Crippen LogP contribution < -0.4 is 14.4 Å². The first kappa shape index (κ1) is 33.1. The molecule has 0 saturated heterocycles. The van der Waals surface area contributed by atoms with E-state index in [4.69, 9.17) is 9.47 Å². The fourth-order valence-corrected chi connectivity index (χ4v) is 5.62. The van der Waals surface area contributed by atoms with Crippen LogP contribution in [0.5, 0.6) is 5.75 Å². The van der Waals surface area contributed by atoms with Gasteiger partial charge in [0.15, 0.2) is 0 Å². The predicted molar refractivity (Wildman–Crippen MR) is 170 cm³/mol. The Morgan fingerprint density at radius 1 is 0.978 bits per heavy atom. The lowest BCUT2D eigenvalue weighted by Crippen LogP contribution is -2.40. The average Bonchev–Trinajstić information content (AvgIpc) is 3.00. The summed E-state index contributed by atoms with van der Waals surface area (Å²) >= 11 is 0. The van der Waals surface area contributed by atoms with E-state index in [9.17, 15) is 23.1 Å². The van der Waals surface area contributed by atoms with E-state index in [0.717, 1.165) is 27.3 Å². The number of sulfonamides is 1. The first-order chi connectivity index (χ1) is 21.3. The van der Waals surface area contributed by atoms with Crippen LogP contribution in [0.1, 0.15) is 45.0 Å². The zero-order valence-electron chi connectivity index (χ0n) is 25.5.